The molecule has 0 fully saturated rings. The van der Waals surface area contributed by atoms with E-state index in [2.05, 4.69) is 0 Å². The topological polar surface area (TPSA) is 199 Å². The molecule has 0 unspecified atom stereocenters. The minimum Gasteiger partial charge on any atom is -0.474 e. The van der Waals surface area contributed by atoms with Crippen molar-refractivity contribution in [2.45, 2.75) is 0 Å². The number of anilines is 3. The molecule has 1 rings (SSSR count). The maximum Gasteiger partial charge on any atom is 0.394 e. The zero-order chi connectivity index (χ0) is 18.4. The average molecular weight is 339 g/mol. The molecule has 12 nitrogen and oxygen atoms in total. The molecule has 0 atom stereocenters. The van der Waals surface area contributed by atoms with E-state index >= 15 is 0 Å². The van der Waals surface area contributed by atoms with E-state index in [1.165, 1.54) is 0 Å². The van der Waals surface area contributed by atoms with Gasteiger partial charge in [0.05, 0.1) is 0 Å². The number of rotatable bonds is 3. The van der Waals surface area contributed by atoms with Crippen molar-refractivity contribution in [1.29, 1.82) is 0 Å². The molecule has 6 N–H and O–H groups in total. The first-order chi connectivity index (χ1) is 11.1. The van der Waals surface area contributed by atoms with Crippen molar-refractivity contribution in [3.05, 3.63) is 18.2 Å². The van der Waals surface area contributed by atoms with Gasteiger partial charge in [0.15, 0.2) is 0 Å². The van der Waals surface area contributed by atoms with Crippen molar-refractivity contribution in [2.75, 3.05) is 16.0 Å². The van der Waals surface area contributed by atoms with E-state index < -0.39 is 35.6 Å². The maximum absolute atomic E-state index is 11.1. The third-order valence-electron chi connectivity index (χ3n) is 2.29. The number of nitrogens with one attached hydrogen (secondary N) is 3. The summed E-state index contributed by atoms with van der Waals surface area (Å²) in [6.07, 6.45) is 0. The Bertz CT molecular complexity index is 644. The maximum atomic E-state index is 11.1. The van der Waals surface area contributed by atoms with Crippen molar-refractivity contribution in [2.24, 2.45) is 0 Å². The molecule has 24 heavy (non-hydrogen) atoms. The number of amides is 3. The summed E-state index contributed by atoms with van der Waals surface area (Å²) in [6.45, 7) is 0. The molecule has 0 saturated heterocycles. The van der Waals surface area contributed by atoms with Gasteiger partial charge in [-0.15, -0.1) is 0 Å². The zero-order valence-electron chi connectivity index (χ0n) is 11.5. The minimum absolute atomic E-state index is 0.244. The van der Waals surface area contributed by atoms with Crippen LogP contribution in [0.1, 0.15) is 0 Å². The van der Waals surface area contributed by atoms with E-state index in [4.69, 9.17) is 15.3 Å². The first-order valence-electron chi connectivity index (χ1n) is 5.88. The van der Waals surface area contributed by atoms with Crippen LogP contribution in [0.4, 0.5) is 17.1 Å². The van der Waals surface area contributed by atoms with E-state index in [-0.39, 0.29) is 17.1 Å². The fourth-order valence-corrected chi connectivity index (χ4v) is 1.40. The highest BCUT2D eigenvalue weighted by Gasteiger charge is 2.17. The number of hydrogen-bond acceptors (Lipinski definition) is 6. The lowest BCUT2D eigenvalue weighted by Gasteiger charge is -2.10. The SMILES string of the molecule is O=C(O)C(=O)Nc1cc(NC(=O)C(=O)O)cc(NC(=O)C(=O)O)c1. The third kappa shape index (κ3) is 5.10. The van der Waals surface area contributed by atoms with Gasteiger partial charge in [-0.1, -0.05) is 0 Å². The summed E-state index contributed by atoms with van der Waals surface area (Å²) in [5.74, 6) is -9.84. The molecular formula is C12H9N3O9. The third-order valence-corrected chi connectivity index (χ3v) is 2.29. The largest absolute Gasteiger partial charge is 0.474 e. The van der Waals surface area contributed by atoms with Gasteiger partial charge in [-0.3, -0.25) is 14.4 Å². The summed E-state index contributed by atoms with van der Waals surface area (Å²) >= 11 is 0. The number of carbonyl (C=O) groups excluding carboxylic acids is 3. The standard InChI is InChI=1S/C12H9N3O9/c16-7(10(19)20)13-4-1-5(14-8(17)11(21)22)3-6(2-4)15-9(18)12(23)24/h1-3H,(H,13,16)(H,14,17)(H,15,18)(H,19,20)(H,21,22)(H,23,24). The Morgan fingerprint density at radius 2 is 0.750 bits per heavy atom. The van der Waals surface area contributed by atoms with Crippen LogP contribution in [0.25, 0.3) is 0 Å². The van der Waals surface area contributed by atoms with Crippen LogP contribution < -0.4 is 16.0 Å². The summed E-state index contributed by atoms with van der Waals surface area (Å²) < 4.78 is 0. The Morgan fingerprint density at radius 3 is 0.917 bits per heavy atom. The number of benzene rings is 1. The normalized spacial score (nSPS) is 9.50. The van der Waals surface area contributed by atoms with Gasteiger partial charge in [-0.05, 0) is 18.2 Å². The second-order valence-corrected chi connectivity index (χ2v) is 4.08. The molecule has 0 aromatic heterocycles. The highest BCUT2D eigenvalue weighted by molar-refractivity contribution is 6.38. The second-order valence-electron chi connectivity index (χ2n) is 4.08. The van der Waals surface area contributed by atoms with Crippen LogP contribution in [-0.2, 0) is 28.8 Å². The van der Waals surface area contributed by atoms with Crippen molar-refractivity contribution in [3.63, 3.8) is 0 Å². The lowest BCUT2D eigenvalue weighted by atomic mass is 10.2. The lowest BCUT2D eigenvalue weighted by Crippen LogP contribution is -2.24. The Morgan fingerprint density at radius 1 is 0.542 bits per heavy atom. The van der Waals surface area contributed by atoms with Crippen LogP contribution in [0.3, 0.4) is 0 Å². The zero-order valence-corrected chi connectivity index (χ0v) is 11.5. The Hall–Kier alpha value is -3.96. The summed E-state index contributed by atoms with van der Waals surface area (Å²) in [5, 5.41) is 31.2. The molecule has 0 aliphatic carbocycles. The molecule has 12 heteroatoms. The monoisotopic (exact) mass is 339 g/mol. The molecule has 0 radical (unpaired) electrons. The molecule has 0 aliphatic heterocycles. The van der Waals surface area contributed by atoms with Gasteiger partial charge in [0.1, 0.15) is 0 Å². The smallest absolute Gasteiger partial charge is 0.394 e. The van der Waals surface area contributed by atoms with E-state index in [1.807, 2.05) is 16.0 Å². The van der Waals surface area contributed by atoms with E-state index in [1.54, 1.807) is 0 Å². The lowest BCUT2D eigenvalue weighted by molar-refractivity contribution is -0.147. The van der Waals surface area contributed by atoms with Crippen LogP contribution in [0.5, 0.6) is 0 Å². The molecule has 0 saturated carbocycles. The molecule has 126 valence electrons. The van der Waals surface area contributed by atoms with Crippen molar-refractivity contribution >= 4 is 52.7 Å². The molecule has 0 spiro atoms. The molecule has 0 heterocycles. The quantitative estimate of drug-likeness (QED) is 0.364. The first kappa shape index (κ1) is 18.1. The van der Waals surface area contributed by atoms with Gasteiger partial charge >= 0.3 is 35.6 Å². The molecular weight excluding hydrogens is 330 g/mol. The van der Waals surface area contributed by atoms with Gasteiger partial charge in [-0.25, -0.2) is 14.4 Å². The van der Waals surface area contributed by atoms with Crippen molar-refractivity contribution < 1.29 is 44.1 Å². The van der Waals surface area contributed by atoms with E-state index in [9.17, 15) is 28.8 Å². The van der Waals surface area contributed by atoms with Gasteiger partial charge in [0.2, 0.25) is 0 Å². The summed E-state index contributed by atoms with van der Waals surface area (Å²) in [4.78, 5) is 64.9. The van der Waals surface area contributed by atoms with Crippen LogP contribution in [0, 0.1) is 0 Å². The highest BCUT2D eigenvalue weighted by Crippen LogP contribution is 2.23. The summed E-state index contributed by atoms with van der Waals surface area (Å²) in [6, 6.07) is 2.99. The number of hydrogen-bond donors (Lipinski definition) is 6. The second kappa shape index (κ2) is 7.35. The number of carboxylic acids is 3. The Labute approximate surface area is 132 Å². The Kier molecular flexibility index (Phi) is 5.54. The number of aliphatic carboxylic acids is 3. The van der Waals surface area contributed by atoms with Crippen LogP contribution in [0.15, 0.2) is 18.2 Å². The van der Waals surface area contributed by atoms with Gasteiger partial charge in [-0.2, -0.15) is 0 Å². The summed E-state index contributed by atoms with van der Waals surface area (Å²) in [5.41, 5.74) is -0.733. The minimum atomic E-state index is -1.83. The van der Waals surface area contributed by atoms with Crippen molar-refractivity contribution in [1.82, 2.24) is 0 Å². The molecule has 0 aliphatic rings. The van der Waals surface area contributed by atoms with Gasteiger partial charge < -0.3 is 31.3 Å². The van der Waals surface area contributed by atoms with E-state index in [0.29, 0.717) is 0 Å². The van der Waals surface area contributed by atoms with Crippen LogP contribution in [0.2, 0.25) is 0 Å². The molecule has 3 amide bonds. The first-order valence-corrected chi connectivity index (χ1v) is 5.88. The average Bonchev–Trinajstić information content (AvgIpc) is 2.46. The molecule has 1 aromatic rings. The Balaban J connectivity index is 3.17. The number of carbonyl (C=O) groups is 6. The fraction of sp³-hybridized carbons (Fsp3) is 0. The number of carboxylic acid groups (broad SMARTS) is 3. The van der Waals surface area contributed by atoms with Crippen LogP contribution >= 0.6 is 0 Å². The molecule has 0 bridgehead atoms. The van der Waals surface area contributed by atoms with Gasteiger partial charge in [0, 0.05) is 17.1 Å². The van der Waals surface area contributed by atoms with Crippen molar-refractivity contribution in [3.8, 4) is 0 Å². The van der Waals surface area contributed by atoms with E-state index in [0.717, 1.165) is 18.2 Å². The highest BCUT2D eigenvalue weighted by atomic mass is 16.4. The summed E-state index contributed by atoms with van der Waals surface area (Å²) in [7, 11) is 0. The van der Waals surface area contributed by atoms with Gasteiger partial charge in [0.25, 0.3) is 0 Å². The predicted molar refractivity (Wildman–Crippen MR) is 75.2 cm³/mol. The fourth-order valence-electron chi connectivity index (χ4n) is 1.40. The molecule has 1 aromatic carbocycles. The van der Waals surface area contributed by atoms with Crippen LogP contribution in [-0.4, -0.2) is 50.9 Å². The predicted octanol–water partition coefficient (Wildman–Crippen LogP) is -1.24.